The van der Waals surface area contributed by atoms with Gasteiger partial charge in [-0.2, -0.15) is 0 Å². The van der Waals surface area contributed by atoms with Gasteiger partial charge in [-0.1, -0.05) is 6.92 Å². The molecule has 1 fully saturated rings. The van der Waals surface area contributed by atoms with Crippen molar-refractivity contribution in [2.75, 3.05) is 13.7 Å². The molecule has 0 radical (unpaired) electrons. The molecule has 1 atom stereocenters. The van der Waals surface area contributed by atoms with Gasteiger partial charge in [0.1, 0.15) is 0 Å². The highest BCUT2D eigenvalue weighted by molar-refractivity contribution is 5.21. The number of hydrogen-bond donors (Lipinski definition) is 1. The van der Waals surface area contributed by atoms with Gasteiger partial charge in [-0.25, -0.2) is 4.98 Å². The van der Waals surface area contributed by atoms with Gasteiger partial charge in [-0.3, -0.25) is 0 Å². The minimum Gasteiger partial charge on any atom is -0.481 e. The molecule has 1 unspecified atom stereocenters. The predicted octanol–water partition coefficient (Wildman–Crippen LogP) is 2.41. The lowest BCUT2D eigenvalue weighted by Crippen LogP contribution is -2.33. The average molecular weight is 234 g/mol. The molecule has 0 saturated heterocycles. The first-order valence-electron chi connectivity index (χ1n) is 6.55. The molecule has 17 heavy (non-hydrogen) atoms. The summed E-state index contributed by atoms with van der Waals surface area (Å²) in [5.41, 5.74) is 1.32. The number of hydrogen-bond acceptors (Lipinski definition) is 3. The van der Waals surface area contributed by atoms with E-state index in [1.165, 1.54) is 24.8 Å². The summed E-state index contributed by atoms with van der Waals surface area (Å²) in [5, 5.41) is 3.66. The molecule has 0 amide bonds. The summed E-state index contributed by atoms with van der Waals surface area (Å²) in [6.07, 6.45) is 6.87. The van der Waals surface area contributed by atoms with E-state index in [0.29, 0.717) is 11.9 Å². The highest BCUT2D eigenvalue weighted by Gasteiger charge is 2.30. The second-order valence-corrected chi connectivity index (χ2v) is 4.81. The fraction of sp³-hybridized carbons (Fsp3) is 0.643. The summed E-state index contributed by atoms with van der Waals surface area (Å²) in [5.74, 6) is 1.59. The highest BCUT2D eigenvalue weighted by atomic mass is 16.5. The average Bonchev–Trinajstić information content (AvgIpc) is 3.19. The minimum atomic E-state index is 0.627. The van der Waals surface area contributed by atoms with E-state index < -0.39 is 0 Å². The van der Waals surface area contributed by atoms with E-state index in [4.69, 9.17) is 4.74 Å². The molecular weight excluding hydrogens is 212 g/mol. The van der Waals surface area contributed by atoms with E-state index >= 15 is 0 Å². The molecule has 0 spiro atoms. The van der Waals surface area contributed by atoms with Crippen molar-refractivity contribution in [3.8, 4) is 5.88 Å². The van der Waals surface area contributed by atoms with Crippen LogP contribution < -0.4 is 10.1 Å². The molecule has 0 aliphatic heterocycles. The Morgan fingerprint density at radius 2 is 2.35 bits per heavy atom. The first-order valence-corrected chi connectivity index (χ1v) is 6.55. The quantitative estimate of drug-likeness (QED) is 0.786. The van der Waals surface area contributed by atoms with Crippen LogP contribution in [-0.4, -0.2) is 24.7 Å². The summed E-state index contributed by atoms with van der Waals surface area (Å²) in [7, 11) is 1.67. The number of nitrogens with zero attached hydrogens (tertiary/aromatic N) is 1. The Bertz CT molecular complexity index is 350. The summed E-state index contributed by atoms with van der Waals surface area (Å²) in [6.45, 7) is 3.33. The van der Waals surface area contributed by atoms with Gasteiger partial charge in [0.15, 0.2) is 0 Å². The Hall–Kier alpha value is -1.09. The van der Waals surface area contributed by atoms with Crippen LogP contribution in [0, 0.1) is 5.92 Å². The maximum atomic E-state index is 5.16. The molecule has 1 heterocycles. The first-order chi connectivity index (χ1) is 8.33. The monoisotopic (exact) mass is 234 g/mol. The summed E-state index contributed by atoms with van der Waals surface area (Å²) < 4.78 is 5.16. The standard InChI is InChI=1S/C14H22N2O/c1-3-7-15-13(12-4-5-12)9-11-6-8-16-14(10-11)17-2/h6,8,10,12-13,15H,3-5,7,9H2,1-2H3. The molecule has 3 heteroatoms. The number of nitrogens with one attached hydrogen (secondary N) is 1. The molecular formula is C14H22N2O. The van der Waals surface area contributed by atoms with Crippen molar-refractivity contribution in [2.45, 2.75) is 38.6 Å². The van der Waals surface area contributed by atoms with Crippen molar-refractivity contribution in [1.29, 1.82) is 0 Å². The van der Waals surface area contributed by atoms with E-state index in [0.717, 1.165) is 18.9 Å². The zero-order valence-electron chi connectivity index (χ0n) is 10.8. The Kier molecular flexibility index (Phi) is 4.37. The van der Waals surface area contributed by atoms with Gasteiger partial charge >= 0.3 is 0 Å². The van der Waals surface area contributed by atoms with Crippen molar-refractivity contribution in [2.24, 2.45) is 5.92 Å². The molecule has 1 saturated carbocycles. The van der Waals surface area contributed by atoms with Crippen molar-refractivity contribution in [3.63, 3.8) is 0 Å². The Labute approximate surface area is 104 Å². The predicted molar refractivity (Wildman–Crippen MR) is 69.3 cm³/mol. The number of rotatable bonds is 7. The third kappa shape index (κ3) is 3.70. The van der Waals surface area contributed by atoms with Crippen LogP contribution in [0.25, 0.3) is 0 Å². The number of methoxy groups -OCH3 is 1. The smallest absolute Gasteiger partial charge is 0.213 e. The Morgan fingerprint density at radius 1 is 1.53 bits per heavy atom. The Balaban J connectivity index is 1.95. The maximum Gasteiger partial charge on any atom is 0.213 e. The molecule has 1 aliphatic carbocycles. The van der Waals surface area contributed by atoms with E-state index in [-0.39, 0.29) is 0 Å². The lowest BCUT2D eigenvalue weighted by molar-refractivity contribution is 0.396. The third-order valence-electron chi connectivity index (χ3n) is 3.31. The molecule has 0 bridgehead atoms. The van der Waals surface area contributed by atoms with E-state index in [9.17, 15) is 0 Å². The molecule has 1 aliphatic rings. The Morgan fingerprint density at radius 3 is 3.00 bits per heavy atom. The van der Waals surface area contributed by atoms with Crippen molar-refractivity contribution in [3.05, 3.63) is 23.9 Å². The van der Waals surface area contributed by atoms with E-state index in [1.54, 1.807) is 7.11 Å². The topological polar surface area (TPSA) is 34.2 Å². The van der Waals surface area contributed by atoms with Crippen LogP contribution in [0.5, 0.6) is 5.88 Å². The van der Waals surface area contributed by atoms with Crippen molar-refractivity contribution >= 4 is 0 Å². The van der Waals surface area contributed by atoms with E-state index in [1.807, 2.05) is 12.3 Å². The number of ether oxygens (including phenoxy) is 1. The molecule has 1 aromatic heterocycles. The van der Waals surface area contributed by atoms with Gasteiger partial charge in [-0.15, -0.1) is 0 Å². The van der Waals surface area contributed by atoms with Crippen LogP contribution in [0.2, 0.25) is 0 Å². The van der Waals surface area contributed by atoms with E-state index in [2.05, 4.69) is 23.3 Å². The van der Waals surface area contributed by atoms with Crippen LogP contribution in [0.1, 0.15) is 31.7 Å². The van der Waals surface area contributed by atoms with Crippen LogP contribution >= 0.6 is 0 Å². The second-order valence-electron chi connectivity index (χ2n) is 4.81. The zero-order valence-corrected chi connectivity index (χ0v) is 10.8. The fourth-order valence-electron chi connectivity index (χ4n) is 2.18. The van der Waals surface area contributed by atoms with Gasteiger partial charge in [0.2, 0.25) is 5.88 Å². The first kappa shape index (κ1) is 12.4. The zero-order chi connectivity index (χ0) is 12.1. The van der Waals surface area contributed by atoms with Crippen molar-refractivity contribution in [1.82, 2.24) is 10.3 Å². The van der Waals surface area contributed by atoms with Crippen LogP contribution in [-0.2, 0) is 6.42 Å². The number of pyridine rings is 1. The normalized spacial score (nSPS) is 16.8. The molecule has 1 aromatic rings. The molecule has 0 aromatic carbocycles. The van der Waals surface area contributed by atoms with Crippen molar-refractivity contribution < 1.29 is 4.74 Å². The minimum absolute atomic E-state index is 0.627. The molecule has 2 rings (SSSR count). The third-order valence-corrected chi connectivity index (χ3v) is 3.31. The highest BCUT2D eigenvalue weighted by Crippen LogP contribution is 2.34. The summed E-state index contributed by atoms with van der Waals surface area (Å²) in [6, 6.07) is 4.76. The van der Waals surface area contributed by atoms with Gasteiger partial charge in [0.05, 0.1) is 7.11 Å². The molecule has 1 N–H and O–H groups in total. The fourth-order valence-corrected chi connectivity index (χ4v) is 2.18. The van der Waals surface area contributed by atoms with Gasteiger partial charge in [0, 0.05) is 18.3 Å². The molecule has 3 nitrogen and oxygen atoms in total. The lowest BCUT2D eigenvalue weighted by atomic mass is 10.0. The maximum absolute atomic E-state index is 5.16. The molecule has 94 valence electrons. The van der Waals surface area contributed by atoms with Gasteiger partial charge < -0.3 is 10.1 Å². The number of aromatic nitrogens is 1. The SMILES string of the molecule is CCCNC(Cc1ccnc(OC)c1)C1CC1. The van der Waals surface area contributed by atoms with Gasteiger partial charge in [0.25, 0.3) is 0 Å². The van der Waals surface area contributed by atoms with Crippen LogP contribution in [0.15, 0.2) is 18.3 Å². The van der Waals surface area contributed by atoms with Crippen LogP contribution in [0.3, 0.4) is 0 Å². The summed E-state index contributed by atoms with van der Waals surface area (Å²) in [4.78, 5) is 4.15. The van der Waals surface area contributed by atoms with Gasteiger partial charge in [-0.05, 0) is 49.8 Å². The largest absolute Gasteiger partial charge is 0.481 e. The summed E-state index contributed by atoms with van der Waals surface area (Å²) >= 11 is 0. The lowest BCUT2D eigenvalue weighted by Gasteiger charge is -2.18. The second kappa shape index (κ2) is 6.01. The van der Waals surface area contributed by atoms with Crippen LogP contribution in [0.4, 0.5) is 0 Å².